The number of carbonyl (C=O) groups excluding carboxylic acids is 2. The average Bonchev–Trinajstić information content (AvgIpc) is 3.42. The number of hydrogen-bond donors (Lipinski definition) is 1. The van der Waals surface area contributed by atoms with Crippen LogP contribution in [0.2, 0.25) is 5.02 Å². The summed E-state index contributed by atoms with van der Waals surface area (Å²) in [5, 5.41) is 3.88. The first-order valence-corrected chi connectivity index (χ1v) is 18.0. The molecule has 2 aromatic heterocycles. The van der Waals surface area contributed by atoms with Gasteiger partial charge in [-0.15, -0.1) is 0 Å². The van der Waals surface area contributed by atoms with Gasteiger partial charge in [0.1, 0.15) is 12.1 Å². The van der Waals surface area contributed by atoms with E-state index in [1.165, 1.54) is 6.42 Å². The van der Waals surface area contributed by atoms with Gasteiger partial charge < -0.3 is 19.5 Å². The molecule has 4 aromatic rings. The Bertz CT molecular complexity index is 1750. The van der Waals surface area contributed by atoms with Gasteiger partial charge >= 0.3 is 6.09 Å². The summed E-state index contributed by atoms with van der Waals surface area (Å²) in [6, 6.07) is 15.1. The van der Waals surface area contributed by atoms with Gasteiger partial charge in [0.25, 0.3) is 0 Å². The number of amides is 2. The van der Waals surface area contributed by atoms with E-state index in [4.69, 9.17) is 21.3 Å². The molecule has 48 heavy (non-hydrogen) atoms. The molecule has 0 spiro atoms. The van der Waals surface area contributed by atoms with Crippen LogP contribution in [0.1, 0.15) is 71.8 Å². The number of benzene rings is 2. The number of rotatable bonds is 6. The van der Waals surface area contributed by atoms with E-state index in [0.717, 1.165) is 76.6 Å². The molecule has 2 aromatic carbocycles. The fourth-order valence-corrected chi connectivity index (χ4v) is 7.97. The van der Waals surface area contributed by atoms with Crippen molar-refractivity contribution in [1.82, 2.24) is 24.3 Å². The molecule has 1 N–H and O–H groups in total. The summed E-state index contributed by atoms with van der Waals surface area (Å²) < 4.78 is 8.93. The lowest BCUT2D eigenvalue weighted by atomic mass is 9.94. The molecule has 7 rings (SSSR count). The Morgan fingerprint density at radius 3 is 2.67 bits per heavy atom. The number of imidazole rings is 1. The van der Waals surface area contributed by atoms with E-state index in [2.05, 4.69) is 43.3 Å². The van der Waals surface area contributed by atoms with E-state index in [1.54, 1.807) is 4.90 Å². The van der Waals surface area contributed by atoms with Gasteiger partial charge in [0.05, 0.1) is 23.8 Å². The number of fused-ring (bicyclic) bond motifs is 2. The van der Waals surface area contributed by atoms with Crippen LogP contribution in [0.5, 0.6) is 0 Å². The number of carbonyl (C=O) groups is 2. The van der Waals surface area contributed by atoms with Crippen molar-refractivity contribution in [1.29, 1.82) is 0 Å². The summed E-state index contributed by atoms with van der Waals surface area (Å²) in [6.45, 7) is 3.73. The molecule has 9 nitrogen and oxygen atoms in total. The van der Waals surface area contributed by atoms with E-state index in [-0.39, 0.29) is 30.7 Å². The second-order valence-corrected chi connectivity index (χ2v) is 14.5. The normalized spacial score (nSPS) is 20.0. The third-order valence-electron chi connectivity index (χ3n) is 9.75. The first-order chi connectivity index (χ1) is 23.3. The molecule has 1 aliphatic heterocycles. The van der Waals surface area contributed by atoms with Crippen LogP contribution in [-0.4, -0.2) is 68.1 Å². The molecule has 2 amide bonds. The molecule has 2 aliphatic carbocycles. The summed E-state index contributed by atoms with van der Waals surface area (Å²) in [6.07, 6.45) is 12.0. The number of ether oxygens (including phenoxy) is 1. The highest BCUT2D eigenvalue weighted by Crippen LogP contribution is 2.39. The van der Waals surface area contributed by atoms with Gasteiger partial charge in [0.15, 0.2) is 0 Å². The molecule has 250 valence electrons. The Morgan fingerprint density at radius 2 is 1.85 bits per heavy atom. The van der Waals surface area contributed by atoms with Crippen LogP contribution >= 0.6 is 27.5 Å². The number of hydrogen-bond acceptors (Lipinski definition) is 6. The highest BCUT2D eigenvalue weighted by molar-refractivity contribution is 9.10. The Hall–Kier alpha value is -3.73. The molecule has 0 bridgehead atoms. The predicted octanol–water partition coefficient (Wildman–Crippen LogP) is 7.33. The maximum Gasteiger partial charge on any atom is 0.410 e. The Kier molecular flexibility index (Phi) is 9.84. The number of piperazine rings is 1. The number of aromatic nitrogens is 3. The highest BCUT2D eigenvalue weighted by atomic mass is 79.9. The summed E-state index contributed by atoms with van der Waals surface area (Å²) in [5.74, 6) is -0.181. The third kappa shape index (κ3) is 7.31. The molecular weight excluding hydrogens is 692 g/mol. The number of halogens is 2. The molecule has 1 saturated carbocycles. The first kappa shape index (κ1) is 32.8. The fourth-order valence-electron chi connectivity index (χ4n) is 7.40. The number of pyridine rings is 1. The van der Waals surface area contributed by atoms with Gasteiger partial charge in [0.2, 0.25) is 5.91 Å². The maximum atomic E-state index is 14.5. The Labute approximate surface area is 294 Å². The highest BCUT2D eigenvalue weighted by Gasteiger charge is 2.42. The van der Waals surface area contributed by atoms with Gasteiger partial charge in [-0.05, 0) is 114 Å². The van der Waals surface area contributed by atoms with Crippen molar-refractivity contribution in [3.63, 3.8) is 0 Å². The fraction of sp³-hybridized carbons (Fsp3) is 0.405. The van der Waals surface area contributed by atoms with E-state index >= 15 is 0 Å². The molecule has 11 heteroatoms. The van der Waals surface area contributed by atoms with Crippen LogP contribution in [0.15, 0.2) is 71.7 Å². The second kappa shape index (κ2) is 14.4. The zero-order valence-corrected chi connectivity index (χ0v) is 29.4. The SMILES string of the molecule is Cc1cn(Cc2cccc(NC(=O)[C@H]3CN(C(=O)OC4CCCCC4)CCN3C3c4ccc(Cl)cc4CCc4cc(Br)cnc43)c2)cn1. The number of nitrogens with zero attached hydrogens (tertiary/aromatic N) is 5. The van der Waals surface area contributed by atoms with Gasteiger partial charge in [0, 0.05) is 53.8 Å². The minimum atomic E-state index is -0.664. The van der Waals surface area contributed by atoms with Crippen molar-refractivity contribution in [2.45, 2.75) is 76.6 Å². The Morgan fingerprint density at radius 1 is 1.02 bits per heavy atom. The van der Waals surface area contributed by atoms with Crippen molar-refractivity contribution < 1.29 is 14.3 Å². The molecule has 3 heterocycles. The van der Waals surface area contributed by atoms with Crippen molar-refractivity contribution >= 4 is 45.2 Å². The largest absolute Gasteiger partial charge is 0.446 e. The monoisotopic (exact) mass is 730 g/mol. The van der Waals surface area contributed by atoms with Gasteiger partial charge in [-0.1, -0.05) is 36.2 Å². The minimum absolute atomic E-state index is 0.0633. The van der Waals surface area contributed by atoms with Crippen LogP contribution in [-0.2, 0) is 28.9 Å². The molecule has 3 aliphatic rings. The van der Waals surface area contributed by atoms with Gasteiger partial charge in [-0.25, -0.2) is 9.78 Å². The second-order valence-electron chi connectivity index (χ2n) is 13.2. The van der Waals surface area contributed by atoms with Crippen molar-refractivity contribution in [2.75, 3.05) is 25.0 Å². The maximum absolute atomic E-state index is 14.5. The summed E-state index contributed by atoms with van der Waals surface area (Å²) in [5.41, 5.74) is 6.97. The topological polar surface area (TPSA) is 92.6 Å². The van der Waals surface area contributed by atoms with E-state index in [9.17, 15) is 9.59 Å². The van der Waals surface area contributed by atoms with Crippen molar-refractivity contribution in [2.24, 2.45) is 0 Å². The number of aryl methyl sites for hydroxylation is 3. The van der Waals surface area contributed by atoms with E-state index < -0.39 is 6.04 Å². The Balaban J connectivity index is 1.21. The van der Waals surface area contributed by atoms with Gasteiger partial charge in [-0.2, -0.15) is 0 Å². The van der Waals surface area contributed by atoms with Crippen molar-refractivity contribution in [3.05, 3.63) is 110 Å². The van der Waals surface area contributed by atoms with Crippen LogP contribution in [0.4, 0.5) is 10.5 Å². The molecule has 2 atom stereocenters. The first-order valence-electron chi connectivity index (χ1n) is 16.8. The lowest BCUT2D eigenvalue weighted by Crippen LogP contribution is -2.60. The lowest BCUT2D eigenvalue weighted by Gasteiger charge is -2.44. The van der Waals surface area contributed by atoms with E-state index in [1.807, 2.05) is 66.6 Å². The molecular formula is C37H40BrClN6O3. The average molecular weight is 732 g/mol. The van der Waals surface area contributed by atoms with Crippen molar-refractivity contribution in [3.8, 4) is 0 Å². The summed E-state index contributed by atoms with van der Waals surface area (Å²) >= 11 is 10.1. The number of anilines is 1. The molecule has 1 unspecified atom stereocenters. The van der Waals surface area contributed by atoms with Crippen LogP contribution in [0, 0.1) is 6.92 Å². The molecule has 1 saturated heterocycles. The number of nitrogens with one attached hydrogen (secondary N) is 1. The van der Waals surface area contributed by atoms with E-state index in [0.29, 0.717) is 30.3 Å². The van der Waals surface area contributed by atoms with Gasteiger partial charge in [-0.3, -0.25) is 14.7 Å². The summed E-state index contributed by atoms with van der Waals surface area (Å²) in [7, 11) is 0. The minimum Gasteiger partial charge on any atom is -0.446 e. The quantitative estimate of drug-likeness (QED) is 0.223. The third-order valence-corrected chi connectivity index (χ3v) is 10.4. The molecule has 0 radical (unpaired) electrons. The van der Waals surface area contributed by atoms with Crippen LogP contribution in [0.3, 0.4) is 0 Å². The predicted molar refractivity (Wildman–Crippen MR) is 189 cm³/mol. The molecule has 2 fully saturated rings. The van der Waals surface area contributed by atoms with Crippen LogP contribution < -0.4 is 5.32 Å². The van der Waals surface area contributed by atoms with Crippen LogP contribution in [0.25, 0.3) is 0 Å². The zero-order chi connectivity index (χ0) is 33.2. The smallest absolute Gasteiger partial charge is 0.410 e. The lowest BCUT2D eigenvalue weighted by molar-refractivity contribution is -0.124. The summed E-state index contributed by atoms with van der Waals surface area (Å²) in [4.78, 5) is 41.2. The zero-order valence-electron chi connectivity index (χ0n) is 27.1. The standard InChI is InChI=1S/C37H40BrClN6O3/c1-24-20-43(23-41-24)21-25-6-5-7-30(16-25)42-36(46)33-22-44(37(47)48-31-8-3-2-4-9-31)14-15-45(33)35-32-13-12-29(39)18-26(32)10-11-27-17-28(38)19-40-34(27)35/h5-7,12-13,16-20,23,31,33,35H,2-4,8-11,14-15,21-22H2,1H3,(H,42,46)/t33-,35?/m1/s1.